The molecular weight excluding hydrogens is 312 g/mol. The Morgan fingerprint density at radius 3 is 1.44 bits per heavy atom. The van der Waals surface area contributed by atoms with Crippen LogP contribution in [0.1, 0.15) is 0 Å². The summed E-state index contributed by atoms with van der Waals surface area (Å²) < 4.78 is 17.2. The Hall–Kier alpha value is -3.20. The van der Waals surface area contributed by atoms with E-state index in [4.69, 9.17) is 14.2 Å². The number of methoxy groups -OCH3 is 2. The summed E-state index contributed by atoms with van der Waals surface area (Å²) in [5.74, 6) is 3.04. The molecule has 0 heterocycles. The summed E-state index contributed by atoms with van der Waals surface area (Å²) in [6, 6.07) is 24.1. The molecule has 0 fully saturated rings. The molecule has 4 aromatic rings. The largest absolute Gasteiger partial charge is 0.497 e. The molecule has 4 aromatic carbocycles. The molecule has 4 rings (SSSR count). The van der Waals surface area contributed by atoms with Crippen molar-refractivity contribution in [2.24, 2.45) is 0 Å². The van der Waals surface area contributed by atoms with Crippen LogP contribution in [0.2, 0.25) is 0 Å². The first-order valence-electron chi connectivity index (χ1n) is 8.10. The first kappa shape index (κ1) is 15.3. The fourth-order valence-corrected chi connectivity index (χ4v) is 3.02. The molecule has 0 aliphatic heterocycles. The average Bonchev–Trinajstić information content (AvgIpc) is 2.67. The van der Waals surface area contributed by atoms with Crippen molar-refractivity contribution in [3.8, 4) is 23.0 Å². The van der Waals surface area contributed by atoms with E-state index < -0.39 is 0 Å². The monoisotopic (exact) mass is 330 g/mol. The van der Waals surface area contributed by atoms with E-state index in [-0.39, 0.29) is 0 Å². The van der Waals surface area contributed by atoms with E-state index in [1.54, 1.807) is 14.2 Å². The topological polar surface area (TPSA) is 27.7 Å². The van der Waals surface area contributed by atoms with Gasteiger partial charge in [-0.25, -0.2) is 0 Å². The second-order valence-electron chi connectivity index (χ2n) is 5.80. The lowest BCUT2D eigenvalue weighted by Gasteiger charge is -2.14. The standard InChI is InChI=1S/C22H18O3/c1-23-17-11-15-7-3-5-9-19(15)21(13-17)25-22-14-18(24-2)12-16-8-4-6-10-20(16)22/h3-14H,1-2H3. The van der Waals surface area contributed by atoms with Crippen LogP contribution in [0.4, 0.5) is 0 Å². The summed E-state index contributed by atoms with van der Waals surface area (Å²) >= 11 is 0. The molecule has 0 radical (unpaired) electrons. The van der Waals surface area contributed by atoms with Crippen LogP contribution in [0.15, 0.2) is 72.8 Å². The first-order valence-corrected chi connectivity index (χ1v) is 8.10. The van der Waals surface area contributed by atoms with E-state index in [0.29, 0.717) is 0 Å². The molecule has 0 bridgehead atoms. The van der Waals surface area contributed by atoms with Crippen molar-refractivity contribution in [2.75, 3.05) is 14.2 Å². The maximum atomic E-state index is 6.33. The second kappa shape index (κ2) is 6.36. The minimum atomic E-state index is 0.758. The van der Waals surface area contributed by atoms with Gasteiger partial charge < -0.3 is 14.2 Å². The molecule has 0 aromatic heterocycles. The molecule has 0 saturated heterocycles. The van der Waals surface area contributed by atoms with Crippen molar-refractivity contribution >= 4 is 21.5 Å². The Labute approximate surface area is 146 Å². The van der Waals surface area contributed by atoms with Gasteiger partial charge in [0.05, 0.1) is 14.2 Å². The first-order chi connectivity index (χ1) is 12.3. The van der Waals surface area contributed by atoms with Gasteiger partial charge in [-0.2, -0.15) is 0 Å². The third kappa shape index (κ3) is 2.85. The quantitative estimate of drug-likeness (QED) is 0.473. The van der Waals surface area contributed by atoms with Gasteiger partial charge in [-0.3, -0.25) is 0 Å². The van der Waals surface area contributed by atoms with Crippen LogP contribution >= 0.6 is 0 Å². The molecule has 0 N–H and O–H groups in total. The van der Waals surface area contributed by atoms with Crippen molar-refractivity contribution in [1.29, 1.82) is 0 Å². The molecular formula is C22H18O3. The zero-order chi connectivity index (χ0) is 17.2. The number of rotatable bonds is 4. The Kier molecular flexibility index (Phi) is 3.90. The molecule has 3 nitrogen and oxygen atoms in total. The SMILES string of the molecule is COc1cc(Oc2cc(OC)cc3ccccc23)c2ccccc2c1. The van der Waals surface area contributed by atoms with Gasteiger partial charge in [0.1, 0.15) is 23.0 Å². The lowest BCUT2D eigenvalue weighted by molar-refractivity contribution is 0.406. The van der Waals surface area contributed by atoms with Crippen molar-refractivity contribution in [2.45, 2.75) is 0 Å². The van der Waals surface area contributed by atoms with Gasteiger partial charge in [0, 0.05) is 22.9 Å². The number of hydrogen-bond acceptors (Lipinski definition) is 3. The molecule has 0 unspecified atom stereocenters. The zero-order valence-electron chi connectivity index (χ0n) is 14.2. The molecule has 0 aliphatic carbocycles. The summed E-state index contributed by atoms with van der Waals surface area (Å²) in [7, 11) is 3.32. The van der Waals surface area contributed by atoms with Gasteiger partial charge in [-0.05, 0) is 22.9 Å². The molecule has 0 amide bonds. The van der Waals surface area contributed by atoms with Crippen LogP contribution in [0.3, 0.4) is 0 Å². The third-order valence-corrected chi connectivity index (χ3v) is 4.29. The second-order valence-corrected chi connectivity index (χ2v) is 5.80. The fraction of sp³-hybridized carbons (Fsp3) is 0.0909. The van der Waals surface area contributed by atoms with Crippen molar-refractivity contribution in [3.05, 3.63) is 72.8 Å². The smallest absolute Gasteiger partial charge is 0.138 e. The van der Waals surface area contributed by atoms with E-state index in [1.807, 2.05) is 72.8 Å². The van der Waals surface area contributed by atoms with Gasteiger partial charge in [0.2, 0.25) is 0 Å². The molecule has 0 aliphatic rings. The van der Waals surface area contributed by atoms with Crippen molar-refractivity contribution in [3.63, 3.8) is 0 Å². The van der Waals surface area contributed by atoms with E-state index in [9.17, 15) is 0 Å². The molecule has 25 heavy (non-hydrogen) atoms. The lowest BCUT2D eigenvalue weighted by atomic mass is 10.1. The van der Waals surface area contributed by atoms with Crippen LogP contribution in [0.25, 0.3) is 21.5 Å². The minimum absolute atomic E-state index is 0.758. The third-order valence-electron chi connectivity index (χ3n) is 4.29. The van der Waals surface area contributed by atoms with Crippen LogP contribution in [-0.4, -0.2) is 14.2 Å². The number of benzene rings is 4. The molecule has 0 atom stereocenters. The number of fused-ring (bicyclic) bond motifs is 2. The highest BCUT2D eigenvalue weighted by atomic mass is 16.5. The van der Waals surface area contributed by atoms with E-state index in [1.165, 1.54) is 0 Å². The lowest BCUT2D eigenvalue weighted by Crippen LogP contribution is -1.91. The highest BCUT2D eigenvalue weighted by Gasteiger charge is 2.11. The number of ether oxygens (including phenoxy) is 3. The Bertz CT molecular complexity index is 968. The van der Waals surface area contributed by atoms with Crippen LogP contribution in [-0.2, 0) is 0 Å². The summed E-state index contributed by atoms with van der Waals surface area (Å²) in [6.07, 6.45) is 0. The predicted molar refractivity (Wildman–Crippen MR) is 101 cm³/mol. The Morgan fingerprint density at radius 1 is 0.560 bits per heavy atom. The molecule has 3 heteroatoms. The van der Waals surface area contributed by atoms with Gasteiger partial charge in [-0.1, -0.05) is 48.5 Å². The van der Waals surface area contributed by atoms with Gasteiger partial charge >= 0.3 is 0 Å². The maximum Gasteiger partial charge on any atom is 0.138 e. The van der Waals surface area contributed by atoms with E-state index in [2.05, 4.69) is 0 Å². The molecule has 0 saturated carbocycles. The highest BCUT2D eigenvalue weighted by Crippen LogP contribution is 2.38. The van der Waals surface area contributed by atoms with Crippen molar-refractivity contribution < 1.29 is 14.2 Å². The fourth-order valence-electron chi connectivity index (χ4n) is 3.02. The predicted octanol–water partition coefficient (Wildman–Crippen LogP) is 5.80. The van der Waals surface area contributed by atoms with Crippen LogP contribution < -0.4 is 14.2 Å². The summed E-state index contributed by atoms with van der Waals surface area (Å²) in [6.45, 7) is 0. The van der Waals surface area contributed by atoms with Crippen LogP contribution in [0, 0.1) is 0 Å². The normalized spacial score (nSPS) is 10.8. The summed E-state index contributed by atoms with van der Waals surface area (Å²) in [5.41, 5.74) is 0. The summed E-state index contributed by atoms with van der Waals surface area (Å²) in [5, 5.41) is 4.22. The average molecular weight is 330 g/mol. The Morgan fingerprint density at radius 2 is 1.00 bits per heavy atom. The van der Waals surface area contributed by atoms with Crippen molar-refractivity contribution in [1.82, 2.24) is 0 Å². The number of hydrogen-bond donors (Lipinski definition) is 0. The zero-order valence-corrected chi connectivity index (χ0v) is 14.2. The van der Waals surface area contributed by atoms with Gasteiger partial charge in [-0.15, -0.1) is 0 Å². The van der Waals surface area contributed by atoms with E-state index in [0.717, 1.165) is 44.5 Å². The Balaban J connectivity index is 1.91. The minimum Gasteiger partial charge on any atom is -0.497 e. The molecule has 124 valence electrons. The maximum absolute atomic E-state index is 6.33. The van der Waals surface area contributed by atoms with Gasteiger partial charge in [0.15, 0.2) is 0 Å². The summed E-state index contributed by atoms with van der Waals surface area (Å²) in [4.78, 5) is 0. The van der Waals surface area contributed by atoms with Crippen LogP contribution in [0.5, 0.6) is 23.0 Å². The van der Waals surface area contributed by atoms with Gasteiger partial charge in [0.25, 0.3) is 0 Å². The molecule has 0 spiro atoms. The highest BCUT2D eigenvalue weighted by molar-refractivity contribution is 5.93. The van der Waals surface area contributed by atoms with E-state index >= 15 is 0 Å².